The van der Waals surface area contributed by atoms with Gasteiger partial charge in [0.25, 0.3) is 5.91 Å². The molecule has 0 aliphatic carbocycles. The number of fused-ring (bicyclic) bond motifs is 1. The first kappa shape index (κ1) is 20.5. The Morgan fingerprint density at radius 1 is 1.37 bits per heavy atom. The van der Waals surface area contributed by atoms with Crippen LogP contribution in [-0.4, -0.2) is 53.2 Å². The van der Waals surface area contributed by atoms with Crippen LogP contribution in [0.25, 0.3) is 11.3 Å². The van der Waals surface area contributed by atoms with E-state index in [1.165, 1.54) is 15.6 Å². The summed E-state index contributed by atoms with van der Waals surface area (Å²) in [6.07, 6.45) is 0.533. The lowest BCUT2D eigenvalue weighted by Gasteiger charge is -2.24. The van der Waals surface area contributed by atoms with Gasteiger partial charge in [-0.1, -0.05) is 12.1 Å². The van der Waals surface area contributed by atoms with Gasteiger partial charge in [-0.05, 0) is 25.1 Å². The fourth-order valence-corrected chi connectivity index (χ4v) is 5.34. The van der Waals surface area contributed by atoms with E-state index in [9.17, 15) is 13.2 Å². The lowest BCUT2D eigenvalue weighted by molar-refractivity contribution is 0.102. The van der Waals surface area contributed by atoms with Crippen molar-refractivity contribution in [3.63, 3.8) is 0 Å². The van der Waals surface area contributed by atoms with Gasteiger partial charge in [-0.3, -0.25) is 15.2 Å². The normalized spacial score (nSPS) is 14.3. The summed E-state index contributed by atoms with van der Waals surface area (Å²) in [7, 11) is -1.66. The van der Waals surface area contributed by atoms with Crippen LogP contribution >= 0.6 is 11.3 Å². The van der Waals surface area contributed by atoms with Gasteiger partial charge in [-0.15, -0.1) is 11.3 Å². The third kappa shape index (κ3) is 4.09. The van der Waals surface area contributed by atoms with Gasteiger partial charge in [-0.25, -0.2) is 13.4 Å². The van der Waals surface area contributed by atoms with E-state index in [1.54, 1.807) is 20.1 Å². The summed E-state index contributed by atoms with van der Waals surface area (Å²) in [6.45, 7) is 2.33. The molecular weight excluding hydrogens is 426 g/mol. The second kappa shape index (κ2) is 8.17. The molecule has 0 spiro atoms. The van der Waals surface area contributed by atoms with Gasteiger partial charge in [0.2, 0.25) is 10.0 Å². The number of nitrogens with one attached hydrogen (secondary N) is 2. The van der Waals surface area contributed by atoms with Crippen molar-refractivity contribution in [2.45, 2.75) is 19.9 Å². The molecule has 0 atom stereocenters. The Labute approximate surface area is 178 Å². The number of H-pyrrole nitrogens is 1. The molecule has 0 bridgehead atoms. The lowest BCUT2D eigenvalue weighted by Crippen LogP contribution is -2.36. The highest BCUT2D eigenvalue weighted by molar-refractivity contribution is 7.89. The first-order valence-electron chi connectivity index (χ1n) is 9.37. The van der Waals surface area contributed by atoms with E-state index < -0.39 is 10.0 Å². The molecule has 30 heavy (non-hydrogen) atoms. The fraction of sp³-hybridized carbons (Fsp3) is 0.316. The highest BCUT2D eigenvalue weighted by atomic mass is 32.2. The van der Waals surface area contributed by atoms with Crippen molar-refractivity contribution in [3.8, 4) is 17.0 Å². The van der Waals surface area contributed by atoms with Gasteiger partial charge < -0.3 is 4.74 Å². The number of rotatable bonds is 6. The number of thiazole rings is 1. The summed E-state index contributed by atoms with van der Waals surface area (Å²) in [6, 6.07) is 9.06. The van der Waals surface area contributed by atoms with E-state index in [4.69, 9.17) is 4.74 Å². The third-order valence-electron chi connectivity index (χ3n) is 4.86. The maximum Gasteiger partial charge on any atom is 0.275 e. The molecule has 0 saturated heterocycles. The molecule has 2 N–H and O–H groups in total. The smallest absolute Gasteiger partial charge is 0.275 e. The molecule has 1 aliphatic heterocycles. The molecule has 0 saturated carbocycles. The number of nitrogens with zero attached hydrogens (tertiary/aromatic N) is 3. The van der Waals surface area contributed by atoms with Crippen LogP contribution in [0.15, 0.2) is 30.3 Å². The van der Waals surface area contributed by atoms with Gasteiger partial charge in [0, 0.05) is 30.0 Å². The maximum absolute atomic E-state index is 12.6. The first-order chi connectivity index (χ1) is 14.4. The van der Waals surface area contributed by atoms with Crippen LogP contribution in [0.1, 0.15) is 28.0 Å². The number of anilines is 1. The molecule has 4 rings (SSSR count). The SMILES string of the molecule is CCS(=O)(=O)N1CCc2nc(NC(=O)c3cc(-c4cccc(OC)c4)n[nH]3)sc2C1. The number of carbonyl (C=O) groups excluding carboxylic acids is 1. The molecular formula is C19H21N5O4S2. The van der Waals surface area contributed by atoms with Crippen molar-refractivity contribution in [2.75, 3.05) is 24.7 Å². The van der Waals surface area contributed by atoms with E-state index in [0.717, 1.165) is 16.1 Å². The van der Waals surface area contributed by atoms with Crippen LogP contribution in [0.2, 0.25) is 0 Å². The van der Waals surface area contributed by atoms with Gasteiger partial charge in [0.05, 0.1) is 24.3 Å². The number of hydrogen-bond acceptors (Lipinski definition) is 7. The Balaban J connectivity index is 1.47. The highest BCUT2D eigenvalue weighted by Gasteiger charge is 2.28. The number of benzene rings is 1. The van der Waals surface area contributed by atoms with Gasteiger partial charge >= 0.3 is 0 Å². The zero-order valence-corrected chi connectivity index (χ0v) is 18.1. The van der Waals surface area contributed by atoms with E-state index in [2.05, 4.69) is 20.5 Å². The minimum Gasteiger partial charge on any atom is -0.497 e. The summed E-state index contributed by atoms with van der Waals surface area (Å²) in [5, 5.41) is 10.2. The molecule has 1 aromatic carbocycles. The fourth-order valence-electron chi connectivity index (χ4n) is 3.18. The summed E-state index contributed by atoms with van der Waals surface area (Å²) in [4.78, 5) is 17.9. The average Bonchev–Trinajstić information content (AvgIpc) is 3.40. The molecule has 1 aliphatic rings. The summed E-state index contributed by atoms with van der Waals surface area (Å²) in [5.74, 6) is 0.412. The van der Waals surface area contributed by atoms with Crippen LogP contribution in [-0.2, 0) is 23.0 Å². The molecule has 0 fully saturated rings. The molecule has 0 radical (unpaired) electrons. The molecule has 9 nitrogen and oxygen atoms in total. The summed E-state index contributed by atoms with van der Waals surface area (Å²) in [5.41, 5.74) is 2.58. The lowest BCUT2D eigenvalue weighted by atomic mass is 10.1. The van der Waals surface area contributed by atoms with Crippen LogP contribution in [0.4, 0.5) is 5.13 Å². The second-order valence-corrected chi connectivity index (χ2v) is 10.1. The zero-order valence-electron chi connectivity index (χ0n) is 16.5. The van der Waals surface area contributed by atoms with Crippen molar-refractivity contribution in [1.29, 1.82) is 0 Å². The number of sulfonamides is 1. The molecule has 3 heterocycles. The monoisotopic (exact) mass is 447 g/mol. The summed E-state index contributed by atoms with van der Waals surface area (Å²) < 4.78 is 30.9. The standard InChI is InChI=1S/C19H21N5O4S2/c1-3-30(26,27)24-8-7-14-17(11-24)29-19(20-14)21-18(25)16-10-15(22-23-16)12-5-4-6-13(9-12)28-2/h4-6,9-10H,3,7-8,11H2,1-2H3,(H,22,23)(H,20,21,25). The Morgan fingerprint density at radius 2 is 2.20 bits per heavy atom. The molecule has 2 aromatic heterocycles. The van der Waals surface area contributed by atoms with Crippen molar-refractivity contribution >= 4 is 32.4 Å². The molecule has 3 aromatic rings. The first-order valence-corrected chi connectivity index (χ1v) is 11.8. The van der Waals surface area contributed by atoms with Crippen molar-refractivity contribution in [1.82, 2.24) is 19.5 Å². The number of carbonyl (C=O) groups is 1. The maximum atomic E-state index is 12.6. The number of ether oxygens (including phenoxy) is 1. The van der Waals surface area contributed by atoms with E-state index in [0.29, 0.717) is 41.8 Å². The molecule has 0 unspecified atom stereocenters. The van der Waals surface area contributed by atoms with Gasteiger partial charge in [-0.2, -0.15) is 9.40 Å². The average molecular weight is 448 g/mol. The predicted molar refractivity (Wildman–Crippen MR) is 114 cm³/mol. The van der Waals surface area contributed by atoms with E-state index >= 15 is 0 Å². The number of amides is 1. The number of hydrogen-bond donors (Lipinski definition) is 2. The minimum absolute atomic E-state index is 0.0696. The van der Waals surface area contributed by atoms with Gasteiger partial charge in [0.15, 0.2) is 5.13 Å². The molecule has 1 amide bonds. The second-order valence-electron chi connectivity index (χ2n) is 6.73. The number of aromatic amines is 1. The largest absolute Gasteiger partial charge is 0.497 e. The summed E-state index contributed by atoms with van der Waals surface area (Å²) >= 11 is 1.30. The van der Waals surface area contributed by atoms with E-state index in [-0.39, 0.29) is 11.7 Å². The molecule has 11 heteroatoms. The Hall–Kier alpha value is -2.76. The topological polar surface area (TPSA) is 117 Å². The predicted octanol–water partition coefficient (Wildman–Crippen LogP) is 2.50. The van der Waals surface area contributed by atoms with Crippen molar-refractivity contribution in [2.24, 2.45) is 0 Å². The Kier molecular flexibility index (Phi) is 5.58. The van der Waals surface area contributed by atoms with Crippen LogP contribution < -0.4 is 10.1 Å². The van der Waals surface area contributed by atoms with Crippen molar-refractivity contribution in [3.05, 3.63) is 46.6 Å². The number of methoxy groups -OCH3 is 1. The van der Waals surface area contributed by atoms with Gasteiger partial charge in [0.1, 0.15) is 11.4 Å². The third-order valence-corrected chi connectivity index (χ3v) is 7.69. The number of aromatic nitrogens is 3. The molecule has 158 valence electrons. The Morgan fingerprint density at radius 3 is 2.97 bits per heavy atom. The van der Waals surface area contributed by atoms with Crippen LogP contribution in [0.5, 0.6) is 5.75 Å². The van der Waals surface area contributed by atoms with Crippen LogP contribution in [0, 0.1) is 0 Å². The van der Waals surface area contributed by atoms with Crippen LogP contribution in [0.3, 0.4) is 0 Å². The quantitative estimate of drug-likeness (QED) is 0.600. The van der Waals surface area contributed by atoms with Crippen molar-refractivity contribution < 1.29 is 17.9 Å². The zero-order chi connectivity index (χ0) is 21.3. The highest BCUT2D eigenvalue weighted by Crippen LogP contribution is 2.30. The minimum atomic E-state index is -3.25. The van der Waals surface area contributed by atoms with E-state index in [1.807, 2.05) is 24.3 Å². The Bertz CT molecular complexity index is 1190.